The number of fused-ring (bicyclic) bond motifs is 2. The van der Waals surface area contributed by atoms with Gasteiger partial charge in [0.15, 0.2) is 5.65 Å². The Hall–Kier alpha value is -1.64. The molecule has 0 amide bonds. The van der Waals surface area contributed by atoms with Gasteiger partial charge in [-0.25, -0.2) is 9.97 Å². The summed E-state index contributed by atoms with van der Waals surface area (Å²) in [5.74, 6) is 0. The Morgan fingerprint density at radius 2 is 2.38 bits per heavy atom. The first-order chi connectivity index (χ1) is 6.43. The second kappa shape index (κ2) is 2.42. The van der Waals surface area contributed by atoms with Crippen molar-refractivity contribution in [1.29, 1.82) is 0 Å². The minimum absolute atomic E-state index is 0.852. The summed E-state index contributed by atoms with van der Waals surface area (Å²) in [4.78, 5) is 8.70. The predicted molar refractivity (Wildman–Crippen MR) is 51.7 cm³/mol. The average Bonchev–Trinajstić information content (AvgIpc) is 2.61. The fourth-order valence-corrected chi connectivity index (χ4v) is 1.70. The molecule has 0 aromatic carbocycles. The maximum Gasteiger partial charge on any atom is 0.159 e. The van der Waals surface area contributed by atoms with Crippen LogP contribution in [0.25, 0.3) is 11.0 Å². The van der Waals surface area contributed by atoms with Crippen LogP contribution < -0.4 is 5.32 Å². The lowest BCUT2D eigenvalue weighted by atomic mass is 10.2. The molecule has 0 atom stereocenters. The monoisotopic (exact) mass is 171 g/mol. The van der Waals surface area contributed by atoms with E-state index in [-0.39, 0.29) is 0 Å². The number of rotatable bonds is 0. The average molecular weight is 171 g/mol. The summed E-state index contributed by atoms with van der Waals surface area (Å²) >= 11 is 0. The van der Waals surface area contributed by atoms with Crippen LogP contribution in [0.3, 0.4) is 0 Å². The van der Waals surface area contributed by atoms with E-state index >= 15 is 0 Å². The Morgan fingerprint density at radius 1 is 1.38 bits per heavy atom. The van der Waals surface area contributed by atoms with E-state index in [0.29, 0.717) is 0 Å². The molecule has 0 fully saturated rings. The van der Waals surface area contributed by atoms with Gasteiger partial charge in [-0.15, -0.1) is 0 Å². The molecule has 0 radical (unpaired) electrons. The molecule has 3 nitrogen and oxygen atoms in total. The third-order valence-corrected chi connectivity index (χ3v) is 2.35. The SMILES string of the molecule is c1cnc2nc3c(cc2c1)NCC3. The minimum Gasteiger partial charge on any atom is -0.383 e. The molecule has 1 aliphatic rings. The van der Waals surface area contributed by atoms with Gasteiger partial charge in [0, 0.05) is 24.5 Å². The van der Waals surface area contributed by atoms with Crippen molar-refractivity contribution in [3.8, 4) is 0 Å². The highest BCUT2D eigenvalue weighted by molar-refractivity contribution is 5.80. The Labute approximate surface area is 75.8 Å². The summed E-state index contributed by atoms with van der Waals surface area (Å²) in [5, 5.41) is 4.41. The predicted octanol–water partition coefficient (Wildman–Crippen LogP) is 1.60. The van der Waals surface area contributed by atoms with Crippen LogP contribution in [-0.2, 0) is 6.42 Å². The van der Waals surface area contributed by atoms with Crippen LogP contribution in [0.2, 0.25) is 0 Å². The fraction of sp³-hybridized carbons (Fsp3) is 0.200. The van der Waals surface area contributed by atoms with Crippen LogP contribution in [0, 0.1) is 0 Å². The van der Waals surface area contributed by atoms with E-state index in [1.54, 1.807) is 6.20 Å². The van der Waals surface area contributed by atoms with Crippen LogP contribution >= 0.6 is 0 Å². The van der Waals surface area contributed by atoms with Crippen LogP contribution in [0.5, 0.6) is 0 Å². The number of nitrogens with one attached hydrogen (secondary N) is 1. The van der Waals surface area contributed by atoms with Gasteiger partial charge in [-0.2, -0.15) is 0 Å². The second-order valence-corrected chi connectivity index (χ2v) is 3.21. The van der Waals surface area contributed by atoms with Crippen molar-refractivity contribution in [2.45, 2.75) is 6.42 Å². The molecular weight excluding hydrogens is 162 g/mol. The van der Waals surface area contributed by atoms with Crippen molar-refractivity contribution in [3.63, 3.8) is 0 Å². The number of hydrogen-bond acceptors (Lipinski definition) is 3. The van der Waals surface area contributed by atoms with Crippen molar-refractivity contribution in [2.24, 2.45) is 0 Å². The van der Waals surface area contributed by atoms with Crippen LogP contribution in [0.15, 0.2) is 24.4 Å². The first-order valence-electron chi connectivity index (χ1n) is 4.42. The molecule has 0 unspecified atom stereocenters. The van der Waals surface area contributed by atoms with Crippen LogP contribution in [0.1, 0.15) is 5.69 Å². The third kappa shape index (κ3) is 0.967. The maximum absolute atomic E-state index is 4.48. The fourth-order valence-electron chi connectivity index (χ4n) is 1.70. The molecule has 0 saturated heterocycles. The molecule has 3 rings (SSSR count). The molecule has 64 valence electrons. The van der Waals surface area contributed by atoms with Gasteiger partial charge >= 0.3 is 0 Å². The molecule has 13 heavy (non-hydrogen) atoms. The van der Waals surface area contributed by atoms with E-state index in [1.807, 2.05) is 12.1 Å². The standard InChI is InChI=1S/C10H9N3/c1-2-7-6-9-8(3-5-11-9)13-10(7)12-4-1/h1-2,4,6,11H,3,5H2. The zero-order valence-corrected chi connectivity index (χ0v) is 7.12. The Balaban J connectivity index is 2.36. The summed E-state index contributed by atoms with van der Waals surface area (Å²) in [6, 6.07) is 6.10. The summed E-state index contributed by atoms with van der Waals surface area (Å²) in [5.41, 5.74) is 3.16. The van der Waals surface area contributed by atoms with E-state index in [1.165, 1.54) is 5.69 Å². The minimum atomic E-state index is 0.852. The van der Waals surface area contributed by atoms with E-state index in [4.69, 9.17) is 0 Å². The molecule has 0 spiro atoms. The van der Waals surface area contributed by atoms with Gasteiger partial charge < -0.3 is 5.32 Å². The third-order valence-electron chi connectivity index (χ3n) is 2.35. The van der Waals surface area contributed by atoms with Gasteiger partial charge in [0.25, 0.3) is 0 Å². The second-order valence-electron chi connectivity index (χ2n) is 3.21. The Morgan fingerprint density at radius 3 is 3.38 bits per heavy atom. The van der Waals surface area contributed by atoms with Gasteiger partial charge in [-0.1, -0.05) is 0 Å². The summed E-state index contributed by atoms with van der Waals surface area (Å²) in [7, 11) is 0. The first-order valence-corrected chi connectivity index (χ1v) is 4.42. The largest absolute Gasteiger partial charge is 0.383 e. The number of hydrogen-bond donors (Lipinski definition) is 1. The molecule has 2 aromatic heterocycles. The van der Waals surface area contributed by atoms with Crippen LogP contribution in [0.4, 0.5) is 5.69 Å². The topological polar surface area (TPSA) is 37.8 Å². The zero-order valence-electron chi connectivity index (χ0n) is 7.12. The Bertz CT molecular complexity index is 422. The molecule has 1 N–H and O–H groups in total. The van der Waals surface area contributed by atoms with Crippen molar-refractivity contribution >= 4 is 16.7 Å². The van der Waals surface area contributed by atoms with Gasteiger partial charge in [0.1, 0.15) is 0 Å². The molecule has 3 heterocycles. The van der Waals surface area contributed by atoms with Crippen LogP contribution in [-0.4, -0.2) is 16.5 Å². The highest BCUT2D eigenvalue weighted by atomic mass is 15.0. The van der Waals surface area contributed by atoms with Crippen molar-refractivity contribution in [1.82, 2.24) is 9.97 Å². The molecule has 3 heteroatoms. The summed E-state index contributed by atoms with van der Waals surface area (Å²) in [6.07, 6.45) is 2.80. The van der Waals surface area contributed by atoms with Crippen molar-refractivity contribution in [2.75, 3.05) is 11.9 Å². The molecule has 0 saturated carbocycles. The number of anilines is 1. The van der Waals surface area contributed by atoms with E-state index in [9.17, 15) is 0 Å². The first kappa shape index (κ1) is 6.83. The molecule has 1 aliphatic heterocycles. The van der Waals surface area contributed by atoms with E-state index < -0.39 is 0 Å². The lowest BCUT2D eigenvalue weighted by Crippen LogP contribution is -1.90. The number of aromatic nitrogens is 2. The molecule has 2 aromatic rings. The number of pyridine rings is 2. The molecule has 0 bridgehead atoms. The normalized spacial score (nSPS) is 14.2. The van der Waals surface area contributed by atoms with Gasteiger partial charge in [-0.3, -0.25) is 0 Å². The lowest BCUT2D eigenvalue weighted by Gasteiger charge is -2.00. The maximum atomic E-state index is 4.48. The summed E-state index contributed by atoms with van der Waals surface area (Å²) in [6.45, 7) is 0.999. The highest BCUT2D eigenvalue weighted by Gasteiger charge is 2.12. The zero-order chi connectivity index (χ0) is 8.67. The molecular formula is C10H9N3. The van der Waals surface area contributed by atoms with E-state index in [2.05, 4.69) is 21.4 Å². The van der Waals surface area contributed by atoms with Gasteiger partial charge in [0.2, 0.25) is 0 Å². The summed E-state index contributed by atoms with van der Waals surface area (Å²) < 4.78 is 0. The quantitative estimate of drug-likeness (QED) is 0.654. The van der Waals surface area contributed by atoms with Crippen molar-refractivity contribution < 1.29 is 0 Å². The van der Waals surface area contributed by atoms with Gasteiger partial charge in [-0.05, 0) is 18.2 Å². The highest BCUT2D eigenvalue weighted by Crippen LogP contribution is 2.23. The number of nitrogens with zero attached hydrogens (tertiary/aromatic N) is 2. The van der Waals surface area contributed by atoms with Crippen molar-refractivity contribution in [3.05, 3.63) is 30.1 Å². The van der Waals surface area contributed by atoms with E-state index in [0.717, 1.165) is 29.7 Å². The smallest absolute Gasteiger partial charge is 0.159 e. The molecule has 0 aliphatic carbocycles. The lowest BCUT2D eigenvalue weighted by molar-refractivity contribution is 1.05. The van der Waals surface area contributed by atoms with Gasteiger partial charge in [0.05, 0.1) is 11.4 Å². The Kier molecular flexibility index (Phi) is 1.27.